The molecule has 1 aliphatic rings. The van der Waals surface area contributed by atoms with Crippen molar-refractivity contribution in [1.82, 2.24) is 25.2 Å². The zero-order chi connectivity index (χ0) is 23.2. The van der Waals surface area contributed by atoms with E-state index in [0.29, 0.717) is 29.1 Å². The molecule has 9 nitrogen and oxygen atoms in total. The third-order valence-electron chi connectivity index (χ3n) is 6.09. The number of likely N-dealkylation sites (tertiary alicyclic amines) is 1. The molecule has 0 unspecified atom stereocenters. The lowest BCUT2D eigenvalue weighted by molar-refractivity contribution is -0.121. The number of benzene rings is 1. The number of amides is 1. The van der Waals surface area contributed by atoms with Gasteiger partial charge in [-0.1, -0.05) is 18.0 Å². The van der Waals surface area contributed by atoms with Crippen LogP contribution in [0.3, 0.4) is 0 Å². The van der Waals surface area contributed by atoms with Gasteiger partial charge in [-0.3, -0.25) is 9.59 Å². The summed E-state index contributed by atoms with van der Waals surface area (Å²) in [5.41, 5.74) is 1.04. The van der Waals surface area contributed by atoms with E-state index in [0.717, 1.165) is 36.3 Å². The average Bonchev–Trinajstić information content (AvgIpc) is 3.04. The lowest BCUT2D eigenvalue weighted by Crippen LogP contribution is -2.35. The lowest BCUT2D eigenvalue weighted by Gasteiger charge is -2.19. The molecule has 0 radical (unpaired) electrons. The molecule has 0 aliphatic carbocycles. The molecule has 0 saturated carbocycles. The maximum absolute atomic E-state index is 12.9. The first-order valence-electron chi connectivity index (χ1n) is 11.6. The highest BCUT2D eigenvalue weighted by Gasteiger charge is 2.20. The van der Waals surface area contributed by atoms with Crippen LogP contribution in [0.25, 0.3) is 22.2 Å². The molecule has 33 heavy (non-hydrogen) atoms. The van der Waals surface area contributed by atoms with E-state index >= 15 is 0 Å². The topological polar surface area (TPSA) is 102 Å². The smallest absolute Gasteiger partial charge is 0.297 e. The summed E-state index contributed by atoms with van der Waals surface area (Å²) in [7, 11) is 1.60. The predicted octanol–water partition coefficient (Wildman–Crippen LogP) is 2.75. The Bertz CT molecular complexity index is 1140. The number of aryl methyl sites for hydroxylation is 1. The van der Waals surface area contributed by atoms with Crippen LogP contribution >= 0.6 is 0 Å². The fourth-order valence-corrected chi connectivity index (χ4v) is 4.28. The Morgan fingerprint density at radius 1 is 1.15 bits per heavy atom. The Hall–Kier alpha value is -3.20. The number of carbonyl (C=O) groups excluding carboxylic acids is 1. The minimum atomic E-state index is -0.446. The monoisotopic (exact) mass is 453 g/mol. The van der Waals surface area contributed by atoms with Gasteiger partial charge in [0.05, 0.1) is 12.5 Å². The van der Waals surface area contributed by atoms with E-state index in [2.05, 4.69) is 20.5 Å². The van der Waals surface area contributed by atoms with Gasteiger partial charge in [-0.05, 0) is 70.1 Å². The summed E-state index contributed by atoms with van der Waals surface area (Å²) in [4.78, 5) is 27.9. The maximum atomic E-state index is 12.9. The van der Waals surface area contributed by atoms with Gasteiger partial charge in [-0.25, -0.2) is 4.68 Å². The number of hydrogen-bond donors (Lipinski definition) is 1. The predicted molar refractivity (Wildman–Crippen MR) is 125 cm³/mol. The van der Waals surface area contributed by atoms with Crippen molar-refractivity contribution in [2.75, 3.05) is 33.3 Å². The van der Waals surface area contributed by atoms with Crippen LogP contribution in [0.1, 0.15) is 37.9 Å². The van der Waals surface area contributed by atoms with E-state index in [-0.39, 0.29) is 18.0 Å². The van der Waals surface area contributed by atoms with Gasteiger partial charge in [0.15, 0.2) is 5.52 Å². The Morgan fingerprint density at radius 3 is 2.58 bits per heavy atom. The largest absolute Gasteiger partial charge is 0.497 e. The van der Waals surface area contributed by atoms with Crippen LogP contribution in [0.2, 0.25) is 0 Å². The van der Waals surface area contributed by atoms with Gasteiger partial charge in [-0.2, -0.15) is 5.10 Å². The molecule has 3 heterocycles. The summed E-state index contributed by atoms with van der Waals surface area (Å²) in [6.45, 7) is 5.39. The van der Waals surface area contributed by atoms with Crippen LogP contribution in [-0.2, 0) is 11.3 Å². The molecule has 4 rings (SSSR count). The number of nitrogens with zero attached hydrogens (tertiary/aromatic N) is 4. The summed E-state index contributed by atoms with van der Waals surface area (Å²) in [6, 6.07) is 7.34. The second-order valence-electron chi connectivity index (χ2n) is 8.46. The molecule has 1 aromatic carbocycles. The fourth-order valence-electron chi connectivity index (χ4n) is 4.28. The van der Waals surface area contributed by atoms with Crippen LogP contribution in [-0.4, -0.2) is 59.0 Å². The fraction of sp³-hybridized carbons (Fsp3) is 0.500. The van der Waals surface area contributed by atoms with Crippen LogP contribution in [0.4, 0.5) is 0 Å². The van der Waals surface area contributed by atoms with Crippen LogP contribution in [0.15, 0.2) is 33.6 Å². The molecule has 176 valence electrons. The number of methoxy groups -OCH3 is 1. The lowest BCUT2D eigenvalue weighted by atomic mass is 10.1. The van der Waals surface area contributed by atoms with Crippen molar-refractivity contribution in [3.63, 3.8) is 0 Å². The SMILES string of the molecule is COc1ccc(-c2nn(CC(=O)NCCCN3CCCCCC3)c(=O)c3noc(C)c23)cc1. The summed E-state index contributed by atoms with van der Waals surface area (Å²) in [6.07, 6.45) is 6.00. The van der Waals surface area contributed by atoms with Crippen LogP contribution in [0, 0.1) is 6.92 Å². The van der Waals surface area contributed by atoms with Crippen molar-refractivity contribution in [2.24, 2.45) is 0 Å². The molecular weight excluding hydrogens is 422 g/mol. The van der Waals surface area contributed by atoms with Gasteiger partial charge in [0.1, 0.15) is 23.7 Å². The highest BCUT2D eigenvalue weighted by molar-refractivity contribution is 5.93. The van der Waals surface area contributed by atoms with Crippen molar-refractivity contribution in [3.8, 4) is 17.0 Å². The first-order chi connectivity index (χ1) is 16.1. The van der Waals surface area contributed by atoms with Crippen molar-refractivity contribution < 1.29 is 14.1 Å². The van der Waals surface area contributed by atoms with E-state index in [1.54, 1.807) is 14.0 Å². The van der Waals surface area contributed by atoms with E-state index in [1.165, 1.54) is 25.7 Å². The molecule has 1 saturated heterocycles. The maximum Gasteiger partial charge on any atom is 0.297 e. The van der Waals surface area contributed by atoms with Gasteiger partial charge in [-0.15, -0.1) is 0 Å². The highest BCUT2D eigenvalue weighted by Crippen LogP contribution is 2.28. The van der Waals surface area contributed by atoms with Gasteiger partial charge >= 0.3 is 0 Å². The summed E-state index contributed by atoms with van der Waals surface area (Å²) >= 11 is 0. The second-order valence-corrected chi connectivity index (χ2v) is 8.46. The van der Waals surface area contributed by atoms with Gasteiger partial charge < -0.3 is 19.5 Å². The Morgan fingerprint density at radius 2 is 1.88 bits per heavy atom. The van der Waals surface area contributed by atoms with Crippen LogP contribution < -0.4 is 15.6 Å². The number of ether oxygens (including phenoxy) is 1. The number of aromatic nitrogens is 3. The first kappa shape index (κ1) is 23.0. The summed E-state index contributed by atoms with van der Waals surface area (Å²) in [5, 5.41) is 11.9. The molecule has 0 atom stereocenters. The highest BCUT2D eigenvalue weighted by atomic mass is 16.5. The van der Waals surface area contributed by atoms with Gasteiger partial charge in [0.25, 0.3) is 5.56 Å². The molecule has 1 aliphatic heterocycles. The zero-order valence-corrected chi connectivity index (χ0v) is 19.3. The van der Waals surface area contributed by atoms with Gasteiger partial charge in [0, 0.05) is 12.1 Å². The third-order valence-corrected chi connectivity index (χ3v) is 6.09. The Balaban J connectivity index is 1.46. The number of rotatable bonds is 8. The number of fused-ring (bicyclic) bond motifs is 1. The minimum Gasteiger partial charge on any atom is -0.497 e. The standard InChI is InChI=1S/C24H31N5O4/c1-17-21-22(18-8-10-19(32-2)11-9-18)26-29(24(31)23(21)27-33-17)16-20(30)25-12-7-15-28-13-5-3-4-6-14-28/h8-11H,3-7,12-16H2,1-2H3,(H,25,30). The van der Waals surface area contributed by atoms with E-state index in [9.17, 15) is 9.59 Å². The molecule has 0 bridgehead atoms. The molecule has 1 N–H and O–H groups in total. The van der Waals surface area contributed by atoms with Crippen molar-refractivity contribution in [2.45, 2.75) is 45.6 Å². The van der Waals surface area contributed by atoms with Crippen molar-refractivity contribution >= 4 is 16.8 Å². The summed E-state index contributed by atoms with van der Waals surface area (Å²) in [5.74, 6) is 0.969. The molecule has 2 aromatic heterocycles. The van der Waals surface area contributed by atoms with Crippen molar-refractivity contribution in [3.05, 3.63) is 40.4 Å². The van der Waals surface area contributed by atoms with E-state index in [1.807, 2.05) is 24.3 Å². The number of carbonyl (C=O) groups is 1. The second kappa shape index (κ2) is 10.6. The molecule has 0 spiro atoms. The van der Waals surface area contributed by atoms with Crippen LogP contribution in [0.5, 0.6) is 5.75 Å². The normalized spacial score (nSPS) is 14.8. The Kier molecular flexibility index (Phi) is 7.39. The first-order valence-corrected chi connectivity index (χ1v) is 11.6. The van der Waals surface area contributed by atoms with E-state index in [4.69, 9.17) is 9.26 Å². The number of nitrogens with one attached hydrogen (secondary N) is 1. The minimum absolute atomic E-state index is 0.169. The van der Waals surface area contributed by atoms with E-state index < -0.39 is 5.56 Å². The summed E-state index contributed by atoms with van der Waals surface area (Å²) < 4.78 is 11.7. The molecule has 3 aromatic rings. The van der Waals surface area contributed by atoms with Crippen molar-refractivity contribution in [1.29, 1.82) is 0 Å². The molecule has 1 amide bonds. The quantitative estimate of drug-likeness (QED) is 0.523. The van der Waals surface area contributed by atoms with Gasteiger partial charge in [0.2, 0.25) is 5.91 Å². The Labute approximate surface area is 192 Å². The number of hydrogen-bond acceptors (Lipinski definition) is 7. The third kappa shape index (κ3) is 5.42. The molecule has 1 fully saturated rings. The zero-order valence-electron chi connectivity index (χ0n) is 19.3. The molecule has 9 heteroatoms. The molecular formula is C24H31N5O4. The average molecular weight is 454 g/mol.